The Morgan fingerprint density at radius 1 is 1.25 bits per heavy atom. The van der Waals surface area contributed by atoms with Gasteiger partial charge >= 0.3 is 0 Å². The van der Waals surface area contributed by atoms with Gasteiger partial charge in [-0.3, -0.25) is 9.48 Å². The third-order valence-corrected chi connectivity index (χ3v) is 5.47. The number of halogens is 2. The van der Waals surface area contributed by atoms with E-state index in [0.717, 1.165) is 11.6 Å². The molecule has 168 valence electrons. The number of rotatable bonds is 6. The maximum absolute atomic E-state index is 13.9. The van der Waals surface area contributed by atoms with Crippen molar-refractivity contribution in [1.82, 2.24) is 19.7 Å². The lowest BCUT2D eigenvalue weighted by Crippen LogP contribution is -2.49. The molecule has 1 atom stereocenters. The molecule has 1 aliphatic heterocycles. The predicted octanol–water partition coefficient (Wildman–Crippen LogP) is 3.33. The molecule has 1 amide bonds. The normalized spacial score (nSPS) is 15.7. The van der Waals surface area contributed by atoms with E-state index in [4.69, 9.17) is 0 Å². The lowest BCUT2D eigenvalue weighted by molar-refractivity contribution is -0.118. The minimum Gasteiger partial charge on any atom is -0.350 e. The average molecular weight is 441 g/mol. The van der Waals surface area contributed by atoms with Crippen LogP contribution in [0.15, 0.2) is 30.6 Å². The topological polar surface area (TPSA) is 88.0 Å². The number of amides is 1. The number of carbonyl (C=O) groups excluding carboxylic acids is 1. The quantitative estimate of drug-likeness (QED) is 0.610. The van der Waals surface area contributed by atoms with Crippen molar-refractivity contribution in [3.63, 3.8) is 0 Å². The number of benzene rings is 1. The Hall–Kier alpha value is -3.56. The molecule has 0 bridgehead atoms. The van der Waals surface area contributed by atoms with E-state index in [9.17, 15) is 13.6 Å². The van der Waals surface area contributed by atoms with Crippen LogP contribution in [0.25, 0.3) is 0 Å². The van der Waals surface area contributed by atoms with Crippen LogP contribution in [0.5, 0.6) is 0 Å². The van der Waals surface area contributed by atoms with Crippen molar-refractivity contribution in [3.8, 4) is 0 Å². The van der Waals surface area contributed by atoms with E-state index < -0.39 is 11.6 Å². The summed E-state index contributed by atoms with van der Waals surface area (Å²) in [7, 11) is 1.86. The minimum atomic E-state index is -0.877. The summed E-state index contributed by atoms with van der Waals surface area (Å²) in [4.78, 5) is 23.4. The smallest absolute Gasteiger partial charge is 0.247 e. The highest BCUT2D eigenvalue weighted by Gasteiger charge is 2.35. The van der Waals surface area contributed by atoms with Crippen LogP contribution in [0.2, 0.25) is 0 Å². The van der Waals surface area contributed by atoms with Gasteiger partial charge in [0.1, 0.15) is 11.7 Å². The number of aromatic nitrogens is 4. The summed E-state index contributed by atoms with van der Waals surface area (Å²) in [5.41, 5.74) is 2.34. The molecule has 2 aromatic heterocycles. The number of nitrogens with one attached hydrogen (secondary N) is 2. The van der Waals surface area contributed by atoms with E-state index >= 15 is 0 Å². The molecule has 10 heteroatoms. The Labute approximate surface area is 184 Å². The molecule has 0 radical (unpaired) electrons. The zero-order valence-corrected chi connectivity index (χ0v) is 18.4. The highest BCUT2D eigenvalue weighted by molar-refractivity contribution is 6.03. The van der Waals surface area contributed by atoms with Gasteiger partial charge in [-0.05, 0) is 18.9 Å². The van der Waals surface area contributed by atoms with E-state index in [0.29, 0.717) is 29.7 Å². The molecule has 3 aromatic rings. The Morgan fingerprint density at radius 3 is 2.78 bits per heavy atom. The third-order valence-electron chi connectivity index (χ3n) is 5.47. The second-order valence-electron chi connectivity index (χ2n) is 8.23. The van der Waals surface area contributed by atoms with Gasteiger partial charge in [0.2, 0.25) is 11.9 Å². The van der Waals surface area contributed by atoms with Gasteiger partial charge in [-0.2, -0.15) is 10.1 Å². The van der Waals surface area contributed by atoms with E-state index in [1.54, 1.807) is 17.1 Å². The summed E-state index contributed by atoms with van der Waals surface area (Å²) in [5, 5.41) is 10.3. The molecule has 0 aliphatic carbocycles. The van der Waals surface area contributed by atoms with E-state index in [2.05, 4.69) is 25.7 Å². The van der Waals surface area contributed by atoms with Crippen LogP contribution < -0.4 is 15.5 Å². The van der Waals surface area contributed by atoms with Gasteiger partial charge in [-0.1, -0.05) is 26.0 Å². The monoisotopic (exact) mass is 441 g/mol. The van der Waals surface area contributed by atoms with Crippen molar-refractivity contribution in [2.24, 2.45) is 5.92 Å². The molecule has 8 nitrogen and oxygen atoms in total. The first kappa shape index (κ1) is 21.7. The van der Waals surface area contributed by atoms with Crippen LogP contribution in [0.1, 0.15) is 30.7 Å². The molecule has 3 heterocycles. The molecule has 1 aliphatic rings. The molecule has 0 saturated carbocycles. The highest BCUT2D eigenvalue weighted by atomic mass is 19.2. The number of carbonyl (C=O) groups is 1. The van der Waals surface area contributed by atoms with Gasteiger partial charge < -0.3 is 15.5 Å². The zero-order valence-electron chi connectivity index (χ0n) is 18.4. The standard InChI is InChI=1S/C22H25F2N7O/c1-12(2)19-21(32)28-18-13(3)27-22(29-20(18)30(19)4)25-8-14-9-26-31(10-14)11-15-6-5-7-16(23)17(15)24/h5-7,9-10,12,19H,8,11H2,1-4H3,(H,28,32)(H,25,27,29)/t19-/m0/s1. The second-order valence-corrected chi connectivity index (χ2v) is 8.23. The first-order chi connectivity index (χ1) is 15.2. The van der Waals surface area contributed by atoms with Gasteiger partial charge in [0, 0.05) is 30.9 Å². The molecule has 32 heavy (non-hydrogen) atoms. The number of anilines is 3. The van der Waals surface area contributed by atoms with Gasteiger partial charge in [-0.15, -0.1) is 0 Å². The maximum Gasteiger partial charge on any atom is 0.247 e. The molecular weight excluding hydrogens is 416 g/mol. The maximum atomic E-state index is 13.9. The number of hydrogen-bond acceptors (Lipinski definition) is 6. The summed E-state index contributed by atoms with van der Waals surface area (Å²) in [6.07, 6.45) is 3.40. The lowest BCUT2D eigenvalue weighted by atomic mass is 9.99. The van der Waals surface area contributed by atoms with Crippen LogP contribution in [0, 0.1) is 24.5 Å². The highest BCUT2D eigenvalue weighted by Crippen LogP contribution is 2.34. The Morgan fingerprint density at radius 2 is 2.03 bits per heavy atom. The lowest BCUT2D eigenvalue weighted by Gasteiger charge is -2.36. The van der Waals surface area contributed by atoms with Gasteiger partial charge in [-0.25, -0.2) is 13.8 Å². The van der Waals surface area contributed by atoms with Crippen molar-refractivity contribution in [1.29, 1.82) is 0 Å². The number of nitrogens with zero attached hydrogens (tertiary/aromatic N) is 5. The fourth-order valence-electron chi connectivity index (χ4n) is 3.90. The van der Waals surface area contributed by atoms with Crippen LogP contribution in [0.3, 0.4) is 0 Å². The summed E-state index contributed by atoms with van der Waals surface area (Å²) in [6, 6.07) is 3.77. The molecular formula is C22H25F2N7O. The largest absolute Gasteiger partial charge is 0.350 e. The Bertz CT molecular complexity index is 1160. The predicted molar refractivity (Wildman–Crippen MR) is 117 cm³/mol. The molecule has 0 spiro atoms. The van der Waals surface area contributed by atoms with E-state index in [1.807, 2.05) is 32.7 Å². The van der Waals surface area contributed by atoms with Crippen molar-refractivity contribution < 1.29 is 13.6 Å². The molecule has 1 aromatic carbocycles. The summed E-state index contributed by atoms with van der Waals surface area (Å²) < 4.78 is 28.9. The van der Waals surface area contributed by atoms with Crippen LogP contribution in [-0.2, 0) is 17.9 Å². The van der Waals surface area contributed by atoms with Crippen LogP contribution in [-0.4, -0.2) is 38.7 Å². The first-order valence-electron chi connectivity index (χ1n) is 10.3. The summed E-state index contributed by atoms with van der Waals surface area (Å²) >= 11 is 0. The minimum absolute atomic E-state index is 0.0652. The number of aryl methyl sites for hydroxylation is 1. The summed E-state index contributed by atoms with van der Waals surface area (Å²) in [6.45, 7) is 6.33. The van der Waals surface area contributed by atoms with Crippen molar-refractivity contribution in [2.75, 3.05) is 22.6 Å². The fourth-order valence-corrected chi connectivity index (χ4v) is 3.90. The fraction of sp³-hybridized carbons (Fsp3) is 0.364. The average Bonchev–Trinajstić information content (AvgIpc) is 3.18. The molecule has 4 rings (SSSR count). The van der Waals surface area contributed by atoms with E-state index in [-0.39, 0.29) is 30.0 Å². The molecule has 0 saturated heterocycles. The Kier molecular flexibility index (Phi) is 5.77. The summed E-state index contributed by atoms with van der Waals surface area (Å²) in [5.74, 6) is -0.599. The van der Waals surface area contributed by atoms with Gasteiger partial charge in [0.15, 0.2) is 17.5 Å². The number of likely N-dealkylation sites (N-methyl/N-ethyl adjacent to an activating group) is 1. The van der Waals surface area contributed by atoms with Crippen molar-refractivity contribution >= 4 is 23.4 Å². The van der Waals surface area contributed by atoms with E-state index in [1.165, 1.54) is 12.1 Å². The van der Waals surface area contributed by atoms with Crippen LogP contribution in [0.4, 0.5) is 26.2 Å². The molecule has 2 N–H and O–H groups in total. The number of fused-ring (bicyclic) bond motifs is 1. The molecule has 0 unspecified atom stereocenters. The third kappa shape index (κ3) is 4.12. The zero-order chi connectivity index (χ0) is 23.0. The van der Waals surface area contributed by atoms with Crippen LogP contribution >= 0.6 is 0 Å². The van der Waals surface area contributed by atoms with Gasteiger partial charge in [0.05, 0.1) is 18.4 Å². The Balaban J connectivity index is 1.48. The van der Waals surface area contributed by atoms with Gasteiger partial charge in [0.25, 0.3) is 0 Å². The second kappa shape index (κ2) is 8.52. The van der Waals surface area contributed by atoms with Crippen molar-refractivity contribution in [3.05, 3.63) is 59.0 Å². The SMILES string of the molecule is Cc1nc(NCc2cnn(Cc3cccc(F)c3F)c2)nc2c1NC(=O)[C@H](C(C)C)N2C. The van der Waals surface area contributed by atoms with Crippen molar-refractivity contribution in [2.45, 2.75) is 39.9 Å². The molecule has 0 fully saturated rings. The number of hydrogen-bond donors (Lipinski definition) is 2. The first-order valence-corrected chi connectivity index (χ1v) is 10.3.